The summed E-state index contributed by atoms with van der Waals surface area (Å²) in [7, 11) is 0. The van der Waals surface area contributed by atoms with Crippen LogP contribution in [-0.4, -0.2) is 6.54 Å². The van der Waals surface area contributed by atoms with E-state index < -0.39 is 0 Å². The van der Waals surface area contributed by atoms with Gasteiger partial charge in [-0.05, 0) is 31.0 Å². The Morgan fingerprint density at radius 2 is 1.89 bits per heavy atom. The van der Waals surface area contributed by atoms with E-state index >= 15 is 0 Å². The van der Waals surface area contributed by atoms with Gasteiger partial charge < -0.3 is 5.32 Å². The first-order valence-electron chi connectivity index (χ1n) is 7.25. The molecule has 1 aromatic carbocycles. The summed E-state index contributed by atoms with van der Waals surface area (Å²) < 4.78 is 13.5. The van der Waals surface area contributed by atoms with Crippen LogP contribution < -0.4 is 5.32 Å². The zero-order valence-electron chi connectivity index (χ0n) is 12.0. The molecule has 108 valence electrons. The molecule has 3 heteroatoms. The number of hydrogen-bond donors (Lipinski definition) is 1. The summed E-state index contributed by atoms with van der Waals surface area (Å²) in [5.74, 6) is 0.582. The van der Waals surface area contributed by atoms with Gasteiger partial charge in [-0.15, -0.1) is 0 Å². The maximum atomic E-state index is 13.5. The van der Waals surface area contributed by atoms with E-state index in [1.54, 1.807) is 12.1 Å². The third kappa shape index (κ3) is 6.93. The summed E-state index contributed by atoms with van der Waals surface area (Å²) in [4.78, 5) is 0. The van der Waals surface area contributed by atoms with Crippen molar-refractivity contribution >= 4 is 11.6 Å². The summed E-state index contributed by atoms with van der Waals surface area (Å²) in [5, 5.41) is 3.76. The molecule has 0 heterocycles. The highest BCUT2D eigenvalue weighted by molar-refractivity contribution is 6.31. The molecular formula is C16H25ClFN. The maximum Gasteiger partial charge on any atom is 0.129 e. The van der Waals surface area contributed by atoms with Gasteiger partial charge in [0.05, 0.1) is 0 Å². The predicted molar refractivity (Wildman–Crippen MR) is 81.0 cm³/mol. The Morgan fingerprint density at radius 3 is 2.58 bits per heavy atom. The number of hydrogen-bond acceptors (Lipinski definition) is 1. The highest BCUT2D eigenvalue weighted by atomic mass is 35.5. The van der Waals surface area contributed by atoms with Crippen molar-refractivity contribution in [3.05, 3.63) is 34.6 Å². The quantitative estimate of drug-likeness (QED) is 0.617. The molecule has 1 nitrogen and oxygen atoms in total. The molecular weight excluding hydrogens is 261 g/mol. The van der Waals surface area contributed by atoms with Crippen LogP contribution in [0, 0.1) is 11.7 Å². The lowest BCUT2D eigenvalue weighted by Crippen LogP contribution is -2.16. The topological polar surface area (TPSA) is 12.0 Å². The highest BCUT2D eigenvalue weighted by Gasteiger charge is 2.05. The molecule has 1 aromatic rings. The summed E-state index contributed by atoms with van der Waals surface area (Å²) in [5.41, 5.74) is 0.573. The van der Waals surface area contributed by atoms with Crippen LogP contribution in [0.1, 0.15) is 51.5 Å². The van der Waals surface area contributed by atoms with Gasteiger partial charge >= 0.3 is 0 Å². The zero-order valence-corrected chi connectivity index (χ0v) is 12.8. The molecule has 0 aromatic heterocycles. The second kappa shape index (κ2) is 9.33. The predicted octanol–water partition coefficient (Wildman–Crippen LogP) is 5.18. The molecule has 1 rings (SSSR count). The second-order valence-corrected chi connectivity index (χ2v) is 5.88. The lowest BCUT2D eigenvalue weighted by molar-refractivity contribution is 0.510. The molecule has 0 spiro atoms. The van der Waals surface area contributed by atoms with Crippen molar-refractivity contribution in [2.75, 3.05) is 6.54 Å². The third-order valence-corrected chi connectivity index (χ3v) is 3.60. The number of halogens is 2. The Labute approximate surface area is 121 Å². The van der Waals surface area contributed by atoms with Crippen molar-refractivity contribution in [3.8, 4) is 0 Å². The van der Waals surface area contributed by atoms with Crippen molar-refractivity contribution < 1.29 is 4.39 Å². The van der Waals surface area contributed by atoms with Crippen LogP contribution in [-0.2, 0) is 6.54 Å². The fourth-order valence-corrected chi connectivity index (χ4v) is 2.30. The van der Waals surface area contributed by atoms with E-state index in [0.717, 1.165) is 18.9 Å². The van der Waals surface area contributed by atoms with Gasteiger partial charge in [0.2, 0.25) is 0 Å². The van der Waals surface area contributed by atoms with Crippen LogP contribution >= 0.6 is 11.6 Å². The first-order valence-corrected chi connectivity index (χ1v) is 7.62. The molecule has 0 saturated heterocycles. The first kappa shape index (κ1) is 16.5. The van der Waals surface area contributed by atoms with E-state index in [1.165, 1.54) is 31.7 Å². The monoisotopic (exact) mass is 285 g/mol. The fourth-order valence-electron chi connectivity index (χ4n) is 2.07. The summed E-state index contributed by atoms with van der Waals surface area (Å²) in [6.45, 7) is 5.96. The standard InChI is InChI=1S/C16H25ClFN/c1-13(2)8-5-3-4-6-11-19-12-14-15(17)9-7-10-16(14)18/h7,9-10,13,19H,3-6,8,11-12H2,1-2H3. The van der Waals surface area contributed by atoms with Crippen molar-refractivity contribution in [2.24, 2.45) is 5.92 Å². The Balaban J connectivity index is 2.08. The molecule has 0 fully saturated rings. The Kier molecular flexibility index (Phi) is 8.08. The van der Waals surface area contributed by atoms with Gasteiger partial charge in [0.25, 0.3) is 0 Å². The molecule has 1 N–H and O–H groups in total. The van der Waals surface area contributed by atoms with Crippen LogP contribution in [0.3, 0.4) is 0 Å². The molecule has 0 saturated carbocycles. The molecule has 0 radical (unpaired) electrons. The summed E-state index contributed by atoms with van der Waals surface area (Å²) in [6.07, 6.45) is 6.31. The minimum Gasteiger partial charge on any atom is -0.313 e. The Hall–Kier alpha value is -0.600. The summed E-state index contributed by atoms with van der Waals surface area (Å²) >= 11 is 5.96. The Morgan fingerprint density at radius 1 is 1.16 bits per heavy atom. The SMILES string of the molecule is CC(C)CCCCCCNCc1c(F)cccc1Cl. The van der Waals surface area contributed by atoms with Crippen molar-refractivity contribution in [2.45, 2.75) is 52.5 Å². The van der Waals surface area contributed by atoms with Crippen molar-refractivity contribution in [1.82, 2.24) is 5.32 Å². The van der Waals surface area contributed by atoms with Gasteiger partial charge in [0.15, 0.2) is 0 Å². The first-order chi connectivity index (χ1) is 9.11. The van der Waals surface area contributed by atoms with Crippen molar-refractivity contribution in [3.63, 3.8) is 0 Å². The average Bonchev–Trinajstić information content (AvgIpc) is 2.35. The van der Waals surface area contributed by atoms with Gasteiger partial charge in [-0.1, -0.05) is 57.2 Å². The number of nitrogens with one attached hydrogen (secondary N) is 1. The minimum atomic E-state index is -0.225. The van der Waals surface area contributed by atoms with Crippen LogP contribution in [0.15, 0.2) is 18.2 Å². The van der Waals surface area contributed by atoms with Gasteiger partial charge in [0, 0.05) is 17.1 Å². The lowest BCUT2D eigenvalue weighted by Gasteiger charge is -2.08. The molecule has 0 bridgehead atoms. The van der Waals surface area contributed by atoms with E-state index in [0.29, 0.717) is 17.1 Å². The molecule has 0 aliphatic carbocycles. The van der Waals surface area contributed by atoms with Gasteiger partial charge in [0.1, 0.15) is 5.82 Å². The number of unbranched alkanes of at least 4 members (excludes halogenated alkanes) is 3. The molecule has 0 aliphatic rings. The van der Waals surface area contributed by atoms with Crippen LogP contribution in [0.2, 0.25) is 5.02 Å². The molecule has 0 unspecified atom stereocenters. The average molecular weight is 286 g/mol. The van der Waals surface area contributed by atoms with E-state index in [2.05, 4.69) is 19.2 Å². The maximum absolute atomic E-state index is 13.5. The van der Waals surface area contributed by atoms with Crippen LogP contribution in [0.5, 0.6) is 0 Å². The second-order valence-electron chi connectivity index (χ2n) is 5.47. The lowest BCUT2D eigenvalue weighted by atomic mass is 10.0. The zero-order chi connectivity index (χ0) is 14.1. The number of rotatable bonds is 9. The van der Waals surface area contributed by atoms with Gasteiger partial charge in [-0.3, -0.25) is 0 Å². The van der Waals surface area contributed by atoms with E-state index in [9.17, 15) is 4.39 Å². The smallest absolute Gasteiger partial charge is 0.129 e. The van der Waals surface area contributed by atoms with Crippen LogP contribution in [0.25, 0.3) is 0 Å². The third-order valence-electron chi connectivity index (χ3n) is 3.25. The van der Waals surface area contributed by atoms with E-state index in [1.807, 2.05) is 0 Å². The Bertz CT molecular complexity index is 346. The summed E-state index contributed by atoms with van der Waals surface area (Å²) in [6, 6.07) is 4.82. The number of benzene rings is 1. The molecule has 19 heavy (non-hydrogen) atoms. The van der Waals surface area contributed by atoms with E-state index in [4.69, 9.17) is 11.6 Å². The van der Waals surface area contributed by atoms with Gasteiger partial charge in [-0.25, -0.2) is 4.39 Å². The minimum absolute atomic E-state index is 0.225. The fraction of sp³-hybridized carbons (Fsp3) is 0.625. The molecule has 0 atom stereocenters. The van der Waals surface area contributed by atoms with E-state index in [-0.39, 0.29) is 5.82 Å². The van der Waals surface area contributed by atoms with Crippen LogP contribution in [0.4, 0.5) is 4.39 Å². The molecule has 0 amide bonds. The normalized spacial score (nSPS) is 11.2. The highest BCUT2D eigenvalue weighted by Crippen LogP contribution is 2.18. The molecule has 0 aliphatic heterocycles. The largest absolute Gasteiger partial charge is 0.313 e. The van der Waals surface area contributed by atoms with Gasteiger partial charge in [-0.2, -0.15) is 0 Å². The van der Waals surface area contributed by atoms with Crippen molar-refractivity contribution in [1.29, 1.82) is 0 Å².